The van der Waals surface area contributed by atoms with Crippen molar-refractivity contribution >= 4 is 54.6 Å². The van der Waals surface area contributed by atoms with Crippen LogP contribution in [0.25, 0.3) is 0 Å². The second-order valence-electron chi connectivity index (χ2n) is 3.58. The van der Waals surface area contributed by atoms with Crippen LogP contribution in [-0.2, 0) is 10.0 Å². The lowest BCUT2D eigenvalue weighted by Gasteiger charge is -2.10. The van der Waals surface area contributed by atoms with Gasteiger partial charge >= 0.3 is 0 Å². The average molecular weight is 396 g/mol. The third-order valence-electron chi connectivity index (χ3n) is 2.20. The molecule has 0 bridgehead atoms. The Kier molecular flexibility index (Phi) is 4.34. The van der Waals surface area contributed by atoms with Gasteiger partial charge in [0.25, 0.3) is 10.0 Å². The van der Waals surface area contributed by atoms with E-state index in [0.29, 0.717) is 0 Å². The maximum absolute atomic E-state index is 13.1. The predicted molar refractivity (Wildman–Crippen MR) is 79.0 cm³/mol. The van der Waals surface area contributed by atoms with E-state index in [2.05, 4.69) is 20.7 Å². The van der Waals surface area contributed by atoms with Gasteiger partial charge in [-0.2, -0.15) is 5.26 Å². The minimum Gasteiger partial charge on any atom is -0.276 e. The highest BCUT2D eigenvalue weighted by atomic mass is 79.9. The van der Waals surface area contributed by atoms with Crippen molar-refractivity contribution in [2.24, 2.45) is 0 Å². The second kappa shape index (κ2) is 5.69. The van der Waals surface area contributed by atoms with E-state index < -0.39 is 15.8 Å². The van der Waals surface area contributed by atoms with Gasteiger partial charge in [-0.25, -0.2) is 12.8 Å². The topological polar surface area (TPSA) is 70.0 Å². The summed E-state index contributed by atoms with van der Waals surface area (Å²) in [6.07, 6.45) is 0. The molecule has 104 valence electrons. The largest absolute Gasteiger partial charge is 0.276 e. The van der Waals surface area contributed by atoms with Gasteiger partial charge in [-0.05, 0) is 40.2 Å². The Labute approximate surface area is 132 Å². The molecule has 2 rings (SSSR count). The third-order valence-corrected chi connectivity index (χ3v) is 5.95. The molecule has 2 aromatic rings. The Bertz CT molecular complexity index is 791. The van der Waals surface area contributed by atoms with Crippen LogP contribution in [0.5, 0.6) is 0 Å². The lowest BCUT2D eigenvalue weighted by Crippen LogP contribution is -2.12. The molecule has 1 aromatic carbocycles. The summed E-state index contributed by atoms with van der Waals surface area (Å²) >= 11 is 9.69. The van der Waals surface area contributed by atoms with E-state index in [4.69, 9.17) is 16.9 Å². The monoisotopic (exact) mass is 394 g/mol. The first-order valence-electron chi connectivity index (χ1n) is 5.01. The van der Waals surface area contributed by atoms with Gasteiger partial charge in [0.15, 0.2) is 0 Å². The molecule has 0 radical (unpaired) electrons. The molecule has 0 atom stereocenters. The van der Waals surface area contributed by atoms with Crippen LogP contribution < -0.4 is 4.72 Å². The number of halogens is 3. The molecule has 0 aliphatic rings. The van der Waals surface area contributed by atoms with Crippen molar-refractivity contribution in [3.05, 3.63) is 44.5 Å². The Morgan fingerprint density at radius 3 is 2.65 bits per heavy atom. The van der Waals surface area contributed by atoms with Gasteiger partial charge in [0.05, 0.1) is 10.7 Å². The molecule has 0 unspecified atom stereocenters. The van der Waals surface area contributed by atoms with Gasteiger partial charge in [0, 0.05) is 4.47 Å². The maximum Gasteiger partial charge on any atom is 0.271 e. The van der Waals surface area contributed by atoms with Crippen LogP contribution >= 0.6 is 38.9 Å². The van der Waals surface area contributed by atoms with Crippen molar-refractivity contribution < 1.29 is 12.8 Å². The zero-order valence-corrected chi connectivity index (χ0v) is 13.5. The molecule has 0 aliphatic heterocycles. The van der Waals surface area contributed by atoms with Gasteiger partial charge < -0.3 is 0 Å². The molecule has 0 fully saturated rings. The summed E-state index contributed by atoms with van der Waals surface area (Å²) in [7, 11) is -3.88. The molecular weight excluding hydrogens is 391 g/mol. The first-order valence-corrected chi connectivity index (χ1v) is 8.48. The Hall–Kier alpha value is -1.14. The number of nitriles is 1. The number of nitrogens with zero attached hydrogens (tertiary/aromatic N) is 1. The van der Waals surface area contributed by atoms with E-state index in [1.807, 2.05) is 6.07 Å². The smallest absolute Gasteiger partial charge is 0.271 e. The lowest BCUT2D eigenvalue weighted by atomic mass is 10.3. The van der Waals surface area contributed by atoms with Crippen LogP contribution in [0.4, 0.5) is 10.1 Å². The van der Waals surface area contributed by atoms with Gasteiger partial charge in [0.1, 0.15) is 21.0 Å². The Morgan fingerprint density at radius 2 is 2.10 bits per heavy atom. The van der Waals surface area contributed by atoms with Crippen LogP contribution in [0.2, 0.25) is 5.02 Å². The van der Waals surface area contributed by atoms with Crippen LogP contribution in [0.15, 0.2) is 32.9 Å². The Balaban J connectivity index is 2.41. The number of anilines is 1. The van der Waals surface area contributed by atoms with Crippen molar-refractivity contribution in [3.63, 3.8) is 0 Å². The van der Waals surface area contributed by atoms with E-state index in [-0.39, 0.29) is 24.3 Å². The fourth-order valence-corrected chi connectivity index (χ4v) is 4.64. The summed E-state index contributed by atoms with van der Waals surface area (Å²) in [6.45, 7) is 0. The Morgan fingerprint density at radius 1 is 1.40 bits per heavy atom. The number of hydrogen-bond donors (Lipinski definition) is 1. The quantitative estimate of drug-likeness (QED) is 0.854. The first-order chi connectivity index (χ1) is 9.33. The highest BCUT2D eigenvalue weighted by Crippen LogP contribution is 2.34. The average Bonchev–Trinajstić information content (AvgIpc) is 2.83. The summed E-state index contributed by atoms with van der Waals surface area (Å²) < 4.78 is 39.8. The summed E-state index contributed by atoms with van der Waals surface area (Å²) in [5.41, 5.74) is 0.0416. The van der Waals surface area contributed by atoms with E-state index in [1.165, 1.54) is 12.1 Å². The zero-order chi connectivity index (χ0) is 14.9. The molecule has 0 spiro atoms. The molecule has 9 heteroatoms. The van der Waals surface area contributed by atoms with Crippen LogP contribution in [-0.4, -0.2) is 8.42 Å². The molecule has 0 saturated carbocycles. The molecule has 4 nitrogen and oxygen atoms in total. The molecule has 1 heterocycles. The first kappa shape index (κ1) is 15.3. The summed E-state index contributed by atoms with van der Waals surface area (Å²) in [6, 6.07) is 6.67. The van der Waals surface area contributed by atoms with E-state index in [1.54, 1.807) is 0 Å². The fourth-order valence-electron chi connectivity index (χ4n) is 1.35. The van der Waals surface area contributed by atoms with Crippen molar-refractivity contribution in [3.8, 4) is 6.07 Å². The van der Waals surface area contributed by atoms with Gasteiger partial charge in [-0.15, -0.1) is 11.3 Å². The van der Waals surface area contributed by atoms with Gasteiger partial charge in [-0.1, -0.05) is 11.6 Å². The molecule has 0 aliphatic carbocycles. The van der Waals surface area contributed by atoms with Crippen molar-refractivity contribution in [1.29, 1.82) is 5.26 Å². The normalized spacial score (nSPS) is 11.1. The molecular formula is C11H5BrClFN2O2S2. The van der Waals surface area contributed by atoms with Crippen LogP contribution in [0.1, 0.15) is 4.88 Å². The summed E-state index contributed by atoms with van der Waals surface area (Å²) in [4.78, 5) is 0.273. The zero-order valence-electron chi connectivity index (χ0n) is 9.52. The number of sulfonamides is 1. The van der Waals surface area contributed by atoms with Crippen molar-refractivity contribution in [2.45, 2.75) is 4.21 Å². The van der Waals surface area contributed by atoms with E-state index >= 15 is 0 Å². The summed E-state index contributed by atoms with van der Waals surface area (Å²) in [5, 5.41) is 8.63. The third kappa shape index (κ3) is 3.12. The van der Waals surface area contributed by atoms with Crippen molar-refractivity contribution in [2.75, 3.05) is 4.72 Å². The highest BCUT2D eigenvalue weighted by Gasteiger charge is 2.20. The maximum atomic E-state index is 13.1. The molecule has 0 amide bonds. The number of rotatable bonds is 3. The minimum atomic E-state index is -3.88. The lowest BCUT2D eigenvalue weighted by molar-refractivity contribution is 0.603. The van der Waals surface area contributed by atoms with Crippen LogP contribution in [0, 0.1) is 17.1 Å². The van der Waals surface area contributed by atoms with E-state index in [9.17, 15) is 12.8 Å². The van der Waals surface area contributed by atoms with Gasteiger partial charge in [0.2, 0.25) is 0 Å². The van der Waals surface area contributed by atoms with Gasteiger partial charge in [-0.3, -0.25) is 4.72 Å². The van der Waals surface area contributed by atoms with E-state index in [0.717, 1.165) is 23.5 Å². The number of nitrogens with one attached hydrogen (secondary N) is 1. The van der Waals surface area contributed by atoms with Crippen LogP contribution in [0.3, 0.4) is 0 Å². The van der Waals surface area contributed by atoms with Crippen molar-refractivity contribution in [1.82, 2.24) is 0 Å². The molecule has 20 heavy (non-hydrogen) atoms. The molecule has 0 saturated heterocycles. The predicted octanol–water partition coefficient (Wildman–Crippen LogP) is 3.98. The SMILES string of the molecule is N#Cc1ccc(S(=O)(=O)Nc2c(Cl)cc(F)cc2Br)s1. The second-order valence-corrected chi connectivity index (χ2v) is 7.83. The summed E-state index contributed by atoms with van der Waals surface area (Å²) in [5.74, 6) is -0.590. The number of thiophene rings is 1. The fraction of sp³-hybridized carbons (Fsp3) is 0. The molecule has 1 N–H and O–H groups in total. The minimum absolute atomic E-state index is 0.0265. The molecule has 1 aromatic heterocycles. The number of hydrogen-bond acceptors (Lipinski definition) is 4. The standard InChI is InChI=1S/C11H5BrClFN2O2S2/c12-8-3-6(14)4-9(13)11(8)16-20(17,18)10-2-1-7(5-15)19-10/h1-4,16H. The highest BCUT2D eigenvalue weighted by molar-refractivity contribution is 9.10. The number of benzene rings is 1.